The molecule has 2 aromatic carbocycles. The molecule has 0 aromatic heterocycles. The van der Waals surface area contributed by atoms with Crippen LogP contribution in [0, 0.1) is 12.8 Å². The Labute approximate surface area is 229 Å². The molecule has 1 saturated heterocycles. The molecule has 4 rings (SSSR count). The van der Waals surface area contributed by atoms with E-state index in [4.69, 9.17) is 17.1 Å². The molecule has 0 radical (unpaired) electrons. The number of rotatable bonds is 8. The smallest absolute Gasteiger partial charge is 0.229 e. The van der Waals surface area contributed by atoms with Crippen molar-refractivity contribution in [2.75, 3.05) is 38.1 Å². The highest BCUT2D eigenvalue weighted by Crippen LogP contribution is 2.34. The van der Waals surface area contributed by atoms with Crippen LogP contribution in [0.2, 0.25) is 5.02 Å². The van der Waals surface area contributed by atoms with Crippen molar-refractivity contribution in [3.05, 3.63) is 69.1 Å². The molecule has 1 atom stereocenters. The molecule has 38 heavy (non-hydrogen) atoms. The van der Waals surface area contributed by atoms with E-state index in [-0.39, 0.29) is 22.8 Å². The number of nitrogens with zero attached hydrogens (tertiary/aromatic N) is 5. The number of azide groups is 1. The minimum atomic E-state index is -3.44. The topological polar surface area (TPSA) is 118 Å². The average molecular weight is 559 g/mol. The van der Waals surface area contributed by atoms with Crippen LogP contribution in [0.5, 0.6) is 0 Å². The molecule has 2 aromatic rings. The fourth-order valence-electron chi connectivity index (χ4n) is 5.44. The van der Waals surface area contributed by atoms with Gasteiger partial charge in [0.25, 0.3) is 0 Å². The molecule has 1 heterocycles. The number of hydrogen-bond acceptors (Lipinski definition) is 6. The summed E-state index contributed by atoms with van der Waals surface area (Å²) in [6.07, 6.45) is 2.05. The molecule has 0 spiro atoms. The van der Waals surface area contributed by atoms with Gasteiger partial charge < -0.3 is 10.2 Å². The Kier molecular flexibility index (Phi) is 9.33. The average Bonchev–Trinajstić information content (AvgIpc) is 2.92. The number of amides is 1. The molecular formula is C27H35ClN6O3S. The summed E-state index contributed by atoms with van der Waals surface area (Å²) in [6, 6.07) is 12.6. The van der Waals surface area contributed by atoms with Crippen LogP contribution in [0.15, 0.2) is 52.5 Å². The summed E-state index contributed by atoms with van der Waals surface area (Å²) in [4.78, 5) is 20.5. The lowest BCUT2D eigenvalue weighted by atomic mass is 9.88. The summed E-state index contributed by atoms with van der Waals surface area (Å²) in [7, 11) is -1.65. The highest BCUT2D eigenvalue weighted by molar-refractivity contribution is 7.92. The largest absolute Gasteiger partial charge is 0.315 e. The van der Waals surface area contributed by atoms with Gasteiger partial charge in [0.1, 0.15) is 0 Å². The van der Waals surface area contributed by atoms with Gasteiger partial charge in [-0.25, -0.2) is 8.42 Å². The Bertz CT molecular complexity index is 1290. The third-order valence-electron chi connectivity index (χ3n) is 7.75. The molecule has 2 aliphatic rings. The Hall–Kier alpha value is -2.62. The van der Waals surface area contributed by atoms with Gasteiger partial charge in [-0.15, -0.1) is 0 Å². The van der Waals surface area contributed by atoms with E-state index in [2.05, 4.69) is 33.2 Å². The summed E-state index contributed by atoms with van der Waals surface area (Å²) >= 11 is 5.91. The zero-order chi connectivity index (χ0) is 27.3. The van der Waals surface area contributed by atoms with Crippen LogP contribution in [0.3, 0.4) is 0 Å². The minimum Gasteiger partial charge on any atom is -0.315 e. The first-order valence-electron chi connectivity index (χ1n) is 13.0. The third kappa shape index (κ3) is 6.68. The number of aryl methyl sites for hydroxylation is 1. The van der Waals surface area contributed by atoms with E-state index in [0.717, 1.165) is 37.4 Å². The van der Waals surface area contributed by atoms with Crippen molar-refractivity contribution < 1.29 is 13.2 Å². The van der Waals surface area contributed by atoms with Gasteiger partial charge in [-0.1, -0.05) is 22.8 Å². The molecule has 2 fully saturated rings. The van der Waals surface area contributed by atoms with E-state index in [1.54, 1.807) is 36.2 Å². The van der Waals surface area contributed by atoms with Crippen molar-refractivity contribution in [1.82, 2.24) is 10.2 Å². The van der Waals surface area contributed by atoms with Gasteiger partial charge >= 0.3 is 0 Å². The second-order valence-corrected chi connectivity index (χ2v) is 12.9. The molecule has 11 heteroatoms. The van der Waals surface area contributed by atoms with Crippen molar-refractivity contribution in [2.45, 2.75) is 55.3 Å². The second kappa shape index (κ2) is 12.5. The zero-order valence-corrected chi connectivity index (χ0v) is 23.5. The first-order valence-corrected chi connectivity index (χ1v) is 14.9. The lowest BCUT2D eigenvalue weighted by Crippen LogP contribution is -2.51. The van der Waals surface area contributed by atoms with E-state index < -0.39 is 15.1 Å². The van der Waals surface area contributed by atoms with E-state index in [1.807, 2.05) is 12.1 Å². The van der Waals surface area contributed by atoms with Crippen molar-refractivity contribution in [2.24, 2.45) is 11.0 Å². The standard InChI is InChI=1S/C27H35ClN6O3S/c1-19-15-24(8-3-21(19)17-34-14-13-30-23(18-34)16-31-32-29)33(2)27(35)20-4-9-25(10-5-20)38(36,37)26-11-6-22(28)7-12-26/h3,6-8,11-12,15,20,23,25,30H,4-5,9-10,13-14,16-18H2,1-2H3/t20?,23-,25?/m0/s1. The molecule has 0 bridgehead atoms. The number of sulfone groups is 1. The first-order chi connectivity index (χ1) is 18.2. The van der Waals surface area contributed by atoms with Gasteiger partial charge in [-0.3, -0.25) is 9.69 Å². The predicted octanol–water partition coefficient (Wildman–Crippen LogP) is 4.73. The molecule has 9 nitrogen and oxygen atoms in total. The Morgan fingerprint density at radius 1 is 1.18 bits per heavy atom. The zero-order valence-electron chi connectivity index (χ0n) is 21.9. The number of nitrogens with one attached hydrogen (secondary N) is 1. The van der Waals surface area contributed by atoms with Crippen molar-refractivity contribution in [3.8, 4) is 0 Å². The fourth-order valence-corrected chi connectivity index (χ4v) is 7.36. The lowest BCUT2D eigenvalue weighted by molar-refractivity contribution is -0.122. The molecule has 1 amide bonds. The summed E-state index contributed by atoms with van der Waals surface area (Å²) < 4.78 is 26.1. The summed E-state index contributed by atoms with van der Waals surface area (Å²) in [5.74, 6) is -0.159. The van der Waals surface area contributed by atoms with Gasteiger partial charge in [0, 0.05) is 67.4 Å². The van der Waals surface area contributed by atoms with Gasteiger partial charge in [-0.2, -0.15) is 0 Å². The Morgan fingerprint density at radius 3 is 2.55 bits per heavy atom. The van der Waals surface area contributed by atoms with Crippen LogP contribution in [0.25, 0.3) is 10.4 Å². The molecular weight excluding hydrogens is 524 g/mol. The molecule has 1 saturated carbocycles. The van der Waals surface area contributed by atoms with E-state index in [1.165, 1.54) is 5.56 Å². The second-order valence-electron chi connectivity index (χ2n) is 10.3. The van der Waals surface area contributed by atoms with Gasteiger partial charge in [0.2, 0.25) is 5.91 Å². The lowest BCUT2D eigenvalue weighted by Gasteiger charge is -2.33. The molecule has 1 aliphatic heterocycles. The third-order valence-corrected chi connectivity index (χ3v) is 10.3. The van der Waals surface area contributed by atoms with E-state index in [0.29, 0.717) is 37.3 Å². The Balaban J connectivity index is 1.34. The van der Waals surface area contributed by atoms with Gasteiger partial charge in [0.15, 0.2) is 9.84 Å². The van der Waals surface area contributed by atoms with Crippen LogP contribution in [-0.4, -0.2) is 63.7 Å². The highest BCUT2D eigenvalue weighted by atomic mass is 35.5. The number of benzene rings is 2. The van der Waals surface area contributed by atoms with Gasteiger partial charge in [0.05, 0.1) is 10.1 Å². The molecule has 1 aliphatic carbocycles. The van der Waals surface area contributed by atoms with Gasteiger partial charge in [-0.05, 0) is 85.7 Å². The van der Waals surface area contributed by atoms with Crippen LogP contribution in [0.1, 0.15) is 36.8 Å². The summed E-state index contributed by atoms with van der Waals surface area (Å²) in [5.41, 5.74) is 11.7. The maximum Gasteiger partial charge on any atom is 0.229 e. The van der Waals surface area contributed by atoms with Crippen LogP contribution in [0.4, 0.5) is 5.69 Å². The highest BCUT2D eigenvalue weighted by Gasteiger charge is 2.35. The van der Waals surface area contributed by atoms with E-state index >= 15 is 0 Å². The molecule has 204 valence electrons. The number of carbonyl (C=O) groups excluding carboxylic acids is 1. The quantitative estimate of drug-likeness (QED) is 0.285. The minimum absolute atomic E-state index is 0.0301. The van der Waals surface area contributed by atoms with Crippen molar-refractivity contribution in [1.29, 1.82) is 0 Å². The number of piperazine rings is 1. The molecule has 0 unspecified atom stereocenters. The summed E-state index contributed by atoms with van der Waals surface area (Å²) in [5, 5.41) is 7.10. The number of halogens is 1. The van der Waals surface area contributed by atoms with Crippen LogP contribution < -0.4 is 10.2 Å². The number of anilines is 1. The van der Waals surface area contributed by atoms with Crippen molar-refractivity contribution >= 4 is 33.0 Å². The Morgan fingerprint density at radius 2 is 1.89 bits per heavy atom. The summed E-state index contributed by atoms with van der Waals surface area (Å²) in [6.45, 7) is 5.88. The number of carbonyl (C=O) groups is 1. The van der Waals surface area contributed by atoms with E-state index in [9.17, 15) is 13.2 Å². The van der Waals surface area contributed by atoms with Crippen LogP contribution >= 0.6 is 11.6 Å². The maximum atomic E-state index is 13.3. The monoisotopic (exact) mass is 558 g/mol. The first kappa shape index (κ1) is 28.4. The fraction of sp³-hybridized carbons (Fsp3) is 0.519. The van der Waals surface area contributed by atoms with Crippen molar-refractivity contribution in [3.63, 3.8) is 0 Å². The molecule has 1 N–H and O–H groups in total. The number of hydrogen-bond donors (Lipinski definition) is 1. The predicted molar refractivity (Wildman–Crippen MR) is 150 cm³/mol. The maximum absolute atomic E-state index is 13.3. The van der Waals surface area contributed by atoms with Crippen LogP contribution in [-0.2, 0) is 21.2 Å². The SMILES string of the molecule is Cc1cc(N(C)C(=O)C2CCC(S(=O)(=O)c3ccc(Cl)cc3)CC2)ccc1CN1CCN[C@@H](CN=[N+]=[N-])C1. The normalized spacial score (nSPS) is 22.4.